The number of carbonyl (C=O) groups excluding carboxylic acids is 1. The molecule has 0 saturated carbocycles. The second-order valence-electron chi connectivity index (χ2n) is 8.86. The maximum Gasteiger partial charge on any atom is 0.229 e. The first-order valence-electron chi connectivity index (χ1n) is 10.5. The van der Waals surface area contributed by atoms with Gasteiger partial charge in [-0.3, -0.25) is 15.0 Å². The monoisotopic (exact) mass is 414 g/mol. The standard InChI is InChI=1S/C18H35ClN8O/c1-11-7-21-9-13(15(11)26-5-3-25(2)4-6-26)23-18(28)14-16(20)24-27-10-12(19)8-22-17(14)27/h11-17,21-22,24H,3-10,20H2,1-2H3,(H,23,28). The zero-order valence-corrected chi connectivity index (χ0v) is 17.7. The van der Waals surface area contributed by atoms with Crippen LogP contribution < -0.4 is 27.1 Å². The molecule has 4 heterocycles. The molecule has 0 aliphatic carbocycles. The Labute approximate surface area is 172 Å². The number of piperidine rings is 1. The van der Waals surface area contributed by atoms with Gasteiger partial charge in [-0.1, -0.05) is 6.92 Å². The molecule has 10 heteroatoms. The largest absolute Gasteiger partial charge is 0.350 e. The fraction of sp³-hybridized carbons (Fsp3) is 0.944. The van der Waals surface area contributed by atoms with Gasteiger partial charge in [0.1, 0.15) is 0 Å². The van der Waals surface area contributed by atoms with E-state index in [0.29, 0.717) is 25.0 Å². The number of hydrogen-bond donors (Lipinski definition) is 5. The molecular formula is C18H35ClN8O. The molecular weight excluding hydrogens is 380 g/mol. The number of nitrogens with one attached hydrogen (secondary N) is 4. The van der Waals surface area contributed by atoms with Crippen LogP contribution in [0.2, 0.25) is 0 Å². The molecule has 1 amide bonds. The first-order valence-corrected chi connectivity index (χ1v) is 11.0. The Morgan fingerprint density at radius 2 is 1.93 bits per heavy atom. The summed E-state index contributed by atoms with van der Waals surface area (Å²) in [7, 11) is 2.17. The Kier molecular flexibility index (Phi) is 6.44. The lowest BCUT2D eigenvalue weighted by molar-refractivity contribution is -0.128. The van der Waals surface area contributed by atoms with Crippen LogP contribution in [0.25, 0.3) is 0 Å². The van der Waals surface area contributed by atoms with E-state index in [0.717, 1.165) is 39.3 Å². The van der Waals surface area contributed by atoms with Gasteiger partial charge in [0.25, 0.3) is 0 Å². The van der Waals surface area contributed by atoms with E-state index >= 15 is 0 Å². The Morgan fingerprint density at radius 3 is 2.68 bits per heavy atom. The first-order chi connectivity index (χ1) is 13.4. The minimum Gasteiger partial charge on any atom is -0.350 e. The molecule has 4 aliphatic heterocycles. The number of rotatable bonds is 3. The third-order valence-corrected chi connectivity index (χ3v) is 7.03. The van der Waals surface area contributed by atoms with Crippen molar-refractivity contribution in [3.05, 3.63) is 0 Å². The van der Waals surface area contributed by atoms with Crippen molar-refractivity contribution in [1.82, 2.24) is 36.2 Å². The van der Waals surface area contributed by atoms with Crippen molar-refractivity contribution in [3.63, 3.8) is 0 Å². The van der Waals surface area contributed by atoms with E-state index in [2.05, 4.69) is 45.1 Å². The number of hydrazine groups is 1. The predicted molar refractivity (Wildman–Crippen MR) is 110 cm³/mol. The highest BCUT2D eigenvalue weighted by Gasteiger charge is 2.48. The van der Waals surface area contributed by atoms with E-state index in [-0.39, 0.29) is 29.4 Å². The van der Waals surface area contributed by atoms with Gasteiger partial charge in [-0.15, -0.1) is 11.6 Å². The van der Waals surface area contributed by atoms with E-state index in [1.807, 2.05) is 5.01 Å². The van der Waals surface area contributed by atoms with Crippen LogP contribution >= 0.6 is 11.6 Å². The van der Waals surface area contributed by atoms with Crippen molar-refractivity contribution in [2.75, 3.05) is 59.4 Å². The first kappa shape index (κ1) is 20.7. The lowest BCUT2D eigenvalue weighted by Gasteiger charge is -2.47. The van der Waals surface area contributed by atoms with Gasteiger partial charge in [-0.05, 0) is 19.5 Å². The maximum atomic E-state index is 13.3. The predicted octanol–water partition coefficient (Wildman–Crippen LogP) is -2.42. The molecule has 4 rings (SSSR count). The van der Waals surface area contributed by atoms with Crippen LogP contribution in [0.4, 0.5) is 0 Å². The van der Waals surface area contributed by atoms with Gasteiger partial charge >= 0.3 is 0 Å². The smallest absolute Gasteiger partial charge is 0.229 e. The van der Waals surface area contributed by atoms with Crippen molar-refractivity contribution in [2.24, 2.45) is 17.6 Å². The summed E-state index contributed by atoms with van der Waals surface area (Å²) in [6, 6.07) is 0.442. The summed E-state index contributed by atoms with van der Waals surface area (Å²) in [5.74, 6) is 0.168. The number of halogens is 1. The number of carbonyl (C=O) groups is 1. The topological polar surface area (TPSA) is 101 Å². The summed E-state index contributed by atoms with van der Waals surface area (Å²) < 4.78 is 0. The van der Waals surface area contributed by atoms with Crippen LogP contribution in [0.15, 0.2) is 0 Å². The summed E-state index contributed by atoms with van der Waals surface area (Å²) in [5, 5.41) is 12.2. The van der Waals surface area contributed by atoms with Gasteiger partial charge in [0.05, 0.1) is 29.7 Å². The van der Waals surface area contributed by atoms with E-state index in [1.165, 1.54) is 0 Å². The molecule has 0 spiro atoms. The van der Waals surface area contributed by atoms with Crippen molar-refractivity contribution in [3.8, 4) is 0 Å². The van der Waals surface area contributed by atoms with Gasteiger partial charge in [-0.25, -0.2) is 10.4 Å². The van der Waals surface area contributed by atoms with Crippen LogP contribution in [-0.4, -0.2) is 110 Å². The molecule has 4 aliphatic rings. The minimum atomic E-state index is -0.407. The van der Waals surface area contributed by atoms with Crippen LogP contribution in [-0.2, 0) is 4.79 Å². The lowest BCUT2D eigenvalue weighted by atomic mass is 9.88. The molecule has 7 atom stereocenters. The van der Waals surface area contributed by atoms with Crippen molar-refractivity contribution in [2.45, 2.75) is 36.7 Å². The molecule has 4 saturated heterocycles. The number of likely N-dealkylation sites (N-methyl/N-ethyl adjacent to an activating group) is 1. The van der Waals surface area contributed by atoms with Crippen LogP contribution in [0.3, 0.4) is 0 Å². The zero-order valence-electron chi connectivity index (χ0n) is 16.9. The number of nitrogens with two attached hydrogens (primary N) is 1. The van der Waals surface area contributed by atoms with Crippen molar-refractivity contribution in [1.29, 1.82) is 0 Å². The van der Waals surface area contributed by atoms with E-state index < -0.39 is 6.17 Å². The summed E-state index contributed by atoms with van der Waals surface area (Å²) >= 11 is 6.24. The number of fused-ring (bicyclic) bond motifs is 1. The summed E-state index contributed by atoms with van der Waals surface area (Å²) in [4.78, 5) is 18.2. The number of alkyl halides is 1. The quantitative estimate of drug-likeness (QED) is 0.325. The Bertz CT molecular complexity index is 560. The SMILES string of the molecule is CC1CNCC(NC(=O)C2C(N)NN3CC(Cl)CNC23)C1N1CCN(C)CC1. The van der Waals surface area contributed by atoms with Gasteiger partial charge < -0.3 is 21.3 Å². The van der Waals surface area contributed by atoms with E-state index in [1.54, 1.807) is 0 Å². The third kappa shape index (κ3) is 4.17. The second kappa shape index (κ2) is 8.69. The molecule has 28 heavy (non-hydrogen) atoms. The molecule has 0 bridgehead atoms. The summed E-state index contributed by atoms with van der Waals surface area (Å²) in [5.41, 5.74) is 9.50. The fourth-order valence-corrected chi connectivity index (χ4v) is 5.47. The van der Waals surface area contributed by atoms with Crippen molar-refractivity contribution < 1.29 is 4.79 Å². The molecule has 160 valence electrons. The van der Waals surface area contributed by atoms with Crippen LogP contribution in [0.1, 0.15) is 6.92 Å². The zero-order chi connectivity index (χ0) is 19.8. The molecule has 0 aromatic heterocycles. The molecule has 4 fully saturated rings. The summed E-state index contributed by atoms with van der Waals surface area (Å²) in [6.07, 6.45) is -0.517. The van der Waals surface area contributed by atoms with Crippen LogP contribution in [0, 0.1) is 11.8 Å². The Balaban J connectivity index is 1.43. The molecule has 0 aromatic rings. The second-order valence-corrected chi connectivity index (χ2v) is 9.48. The third-order valence-electron chi connectivity index (χ3n) is 6.74. The molecule has 6 N–H and O–H groups in total. The van der Waals surface area contributed by atoms with Gasteiger partial charge in [0.2, 0.25) is 5.91 Å². The molecule has 0 aromatic carbocycles. The minimum absolute atomic E-state index is 0.0165. The highest BCUT2D eigenvalue weighted by Crippen LogP contribution is 2.24. The lowest BCUT2D eigenvalue weighted by Crippen LogP contribution is -2.67. The Hall–Kier alpha value is -0.520. The molecule has 0 radical (unpaired) electrons. The van der Waals surface area contributed by atoms with Gasteiger partial charge in [0.15, 0.2) is 0 Å². The summed E-state index contributed by atoms with van der Waals surface area (Å²) in [6.45, 7) is 9.70. The number of piperazine rings is 1. The van der Waals surface area contributed by atoms with Crippen molar-refractivity contribution >= 4 is 17.5 Å². The fourth-order valence-electron chi connectivity index (χ4n) is 5.23. The van der Waals surface area contributed by atoms with E-state index in [9.17, 15) is 4.79 Å². The highest BCUT2D eigenvalue weighted by atomic mass is 35.5. The normalized spacial score (nSPS) is 43.6. The average Bonchev–Trinajstić information content (AvgIpc) is 2.98. The Morgan fingerprint density at radius 1 is 1.18 bits per heavy atom. The molecule has 9 nitrogen and oxygen atoms in total. The highest BCUT2D eigenvalue weighted by molar-refractivity contribution is 6.21. The van der Waals surface area contributed by atoms with E-state index in [4.69, 9.17) is 17.3 Å². The van der Waals surface area contributed by atoms with Gasteiger partial charge in [-0.2, -0.15) is 0 Å². The maximum absolute atomic E-state index is 13.3. The average molecular weight is 415 g/mol. The van der Waals surface area contributed by atoms with Crippen LogP contribution in [0.5, 0.6) is 0 Å². The number of nitrogens with zero attached hydrogens (tertiary/aromatic N) is 3. The molecule has 7 unspecified atom stereocenters. The number of amides is 1. The van der Waals surface area contributed by atoms with Gasteiger partial charge in [0, 0.05) is 51.9 Å². The number of hydrogen-bond acceptors (Lipinski definition) is 8.